The van der Waals surface area contributed by atoms with Gasteiger partial charge in [0.15, 0.2) is 5.76 Å². The van der Waals surface area contributed by atoms with Crippen LogP contribution in [0.2, 0.25) is 0 Å². The summed E-state index contributed by atoms with van der Waals surface area (Å²) < 4.78 is 16.6. The van der Waals surface area contributed by atoms with Gasteiger partial charge in [0.05, 0.1) is 28.4 Å². The van der Waals surface area contributed by atoms with Gasteiger partial charge in [-0.2, -0.15) is 0 Å². The molecule has 8 heteroatoms. The lowest BCUT2D eigenvalue weighted by atomic mass is 10.1. The van der Waals surface area contributed by atoms with E-state index in [-0.39, 0.29) is 23.7 Å². The molecule has 2 aromatic heterocycles. The van der Waals surface area contributed by atoms with E-state index in [0.29, 0.717) is 27.9 Å². The third kappa shape index (κ3) is 4.12. The fourth-order valence-corrected chi connectivity index (χ4v) is 3.90. The summed E-state index contributed by atoms with van der Waals surface area (Å²) in [5.41, 5.74) is 1.62. The number of ether oxygens (including phenoxy) is 2. The van der Waals surface area contributed by atoms with Crippen LogP contribution in [0.15, 0.2) is 47.1 Å². The van der Waals surface area contributed by atoms with Crippen LogP contribution in [0.3, 0.4) is 0 Å². The van der Waals surface area contributed by atoms with Crippen LogP contribution in [0.5, 0.6) is 11.5 Å². The molecule has 2 amide bonds. The number of hydrogen-bond donors (Lipinski definition) is 2. The summed E-state index contributed by atoms with van der Waals surface area (Å²) in [4.78, 5) is 25.3. The van der Waals surface area contributed by atoms with Crippen LogP contribution in [-0.2, 0) is 6.42 Å². The molecule has 4 rings (SSSR count). The Kier molecular flexibility index (Phi) is 5.26. The van der Waals surface area contributed by atoms with Crippen molar-refractivity contribution in [1.29, 1.82) is 0 Å². The molecule has 0 bridgehead atoms. The molecule has 1 unspecified atom stereocenters. The summed E-state index contributed by atoms with van der Waals surface area (Å²) in [6.07, 6.45) is 2.34. The number of hydrogen-bond acceptors (Lipinski definition) is 6. The zero-order valence-electron chi connectivity index (χ0n) is 16.0. The van der Waals surface area contributed by atoms with Crippen molar-refractivity contribution in [3.63, 3.8) is 0 Å². The van der Waals surface area contributed by atoms with Crippen LogP contribution in [0.1, 0.15) is 39.6 Å². The minimum atomic E-state index is -0.368. The quantitative estimate of drug-likeness (QED) is 0.619. The number of rotatable bonds is 6. The van der Waals surface area contributed by atoms with Gasteiger partial charge in [0.2, 0.25) is 0 Å². The molecule has 0 aliphatic carbocycles. The largest absolute Gasteiger partial charge is 0.492 e. The number of nitrogens with one attached hydrogen (secondary N) is 2. The smallest absolute Gasteiger partial charge is 0.291 e. The van der Waals surface area contributed by atoms with Crippen LogP contribution in [0.4, 0.5) is 10.7 Å². The molecule has 0 fully saturated rings. The van der Waals surface area contributed by atoms with Crippen LogP contribution in [0.25, 0.3) is 0 Å². The molecule has 0 saturated carbocycles. The Morgan fingerprint density at radius 1 is 1.21 bits per heavy atom. The molecule has 7 nitrogen and oxygen atoms in total. The van der Waals surface area contributed by atoms with Crippen molar-refractivity contribution in [1.82, 2.24) is 0 Å². The van der Waals surface area contributed by atoms with Crippen molar-refractivity contribution in [3.05, 3.63) is 58.9 Å². The minimum absolute atomic E-state index is 0.100. The van der Waals surface area contributed by atoms with Crippen molar-refractivity contribution in [3.8, 4) is 11.5 Å². The van der Waals surface area contributed by atoms with Gasteiger partial charge in [-0.25, -0.2) is 0 Å². The number of carbonyl (C=O) groups is 2. The van der Waals surface area contributed by atoms with Gasteiger partial charge in [0.1, 0.15) is 17.6 Å². The maximum absolute atomic E-state index is 12.7. The predicted octanol–water partition coefficient (Wildman–Crippen LogP) is 4.57. The van der Waals surface area contributed by atoms with E-state index in [1.165, 1.54) is 17.6 Å². The molecule has 0 spiro atoms. The van der Waals surface area contributed by atoms with Gasteiger partial charge in [-0.15, -0.1) is 11.3 Å². The van der Waals surface area contributed by atoms with Gasteiger partial charge in [0, 0.05) is 18.1 Å². The van der Waals surface area contributed by atoms with Gasteiger partial charge < -0.3 is 24.5 Å². The fourth-order valence-electron chi connectivity index (χ4n) is 3.10. The first-order valence-corrected chi connectivity index (χ1v) is 10.1. The Bertz CT molecular complexity index is 1040. The molecular formula is C21H20N2O5S. The van der Waals surface area contributed by atoms with Crippen LogP contribution < -0.4 is 20.1 Å². The fraction of sp³-hybridized carbons (Fsp3) is 0.238. The van der Waals surface area contributed by atoms with E-state index in [2.05, 4.69) is 10.6 Å². The Balaban J connectivity index is 1.49. The summed E-state index contributed by atoms with van der Waals surface area (Å²) in [7, 11) is 0. The molecule has 1 aliphatic rings. The third-order valence-electron chi connectivity index (χ3n) is 4.36. The maximum atomic E-state index is 12.7. The number of fused-ring (bicyclic) bond motifs is 1. The number of amides is 2. The van der Waals surface area contributed by atoms with Crippen LogP contribution in [-0.4, -0.2) is 24.5 Å². The molecule has 1 aromatic carbocycles. The summed E-state index contributed by atoms with van der Waals surface area (Å²) in [5, 5.41) is 6.15. The van der Waals surface area contributed by atoms with E-state index in [1.807, 2.05) is 19.9 Å². The Morgan fingerprint density at radius 3 is 2.83 bits per heavy atom. The molecule has 150 valence electrons. The number of benzene rings is 1. The molecular weight excluding hydrogens is 392 g/mol. The molecule has 3 aromatic rings. The van der Waals surface area contributed by atoms with E-state index in [1.54, 1.807) is 30.3 Å². The van der Waals surface area contributed by atoms with Gasteiger partial charge in [-0.05, 0) is 44.2 Å². The highest BCUT2D eigenvalue weighted by atomic mass is 32.1. The number of anilines is 2. The summed E-state index contributed by atoms with van der Waals surface area (Å²) in [5.74, 6) is 0.917. The first-order valence-electron chi connectivity index (χ1n) is 9.26. The number of carbonyl (C=O) groups excluding carboxylic acids is 2. The minimum Gasteiger partial charge on any atom is -0.492 e. The first-order chi connectivity index (χ1) is 14.0. The predicted molar refractivity (Wildman–Crippen MR) is 110 cm³/mol. The van der Waals surface area contributed by atoms with Crippen LogP contribution in [0, 0.1) is 0 Å². The van der Waals surface area contributed by atoms with Crippen molar-refractivity contribution in [2.75, 3.05) is 17.2 Å². The maximum Gasteiger partial charge on any atom is 0.291 e. The molecule has 1 aliphatic heterocycles. The standard InChI is InChI=1S/C21H20N2O5S/c1-3-26-17-10-13-9-12(2)28-16(13)11-14(17)22-21(25)18-6-7-19(29-18)23-20(24)15-5-4-8-27-15/h4-8,10-12H,3,9H2,1-2H3,(H,22,25)(H,23,24). The first kappa shape index (κ1) is 19.1. The summed E-state index contributed by atoms with van der Waals surface area (Å²) >= 11 is 1.17. The zero-order chi connectivity index (χ0) is 20.4. The van der Waals surface area contributed by atoms with E-state index in [4.69, 9.17) is 13.9 Å². The molecule has 29 heavy (non-hydrogen) atoms. The highest BCUT2D eigenvalue weighted by Gasteiger charge is 2.23. The highest BCUT2D eigenvalue weighted by molar-refractivity contribution is 7.18. The Labute approximate surface area is 171 Å². The SMILES string of the molecule is CCOc1cc2c(cc1NC(=O)c1ccc(NC(=O)c3ccco3)s1)OC(C)C2. The van der Waals surface area contributed by atoms with E-state index < -0.39 is 0 Å². The van der Waals surface area contributed by atoms with E-state index in [0.717, 1.165) is 17.7 Å². The normalized spacial score (nSPS) is 14.8. The van der Waals surface area contributed by atoms with Crippen molar-refractivity contribution in [2.24, 2.45) is 0 Å². The average Bonchev–Trinajstić information content (AvgIpc) is 3.42. The van der Waals surface area contributed by atoms with E-state index >= 15 is 0 Å². The molecule has 0 saturated heterocycles. The third-order valence-corrected chi connectivity index (χ3v) is 5.36. The monoisotopic (exact) mass is 412 g/mol. The number of thiophene rings is 1. The zero-order valence-corrected chi connectivity index (χ0v) is 16.8. The molecule has 3 heterocycles. The van der Waals surface area contributed by atoms with Crippen LogP contribution >= 0.6 is 11.3 Å². The second kappa shape index (κ2) is 8.00. The summed E-state index contributed by atoms with van der Waals surface area (Å²) in [6, 6.07) is 10.3. The topological polar surface area (TPSA) is 89.8 Å². The van der Waals surface area contributed by atoms with Gasteiger partial charge in [0.25, 0.3) is 11.8 Å². The van der Waals surface area contributed by atoms with Crippen molar-refractivity contribution < 1.29 is 23.5 Å². The Hall–Kier alpha value is -3.26. The van der Waals surface area contributed by atoms with Crippen molar-refractivity contribution >= 4 is 33.8 Å². The van der Waals surface area contributed by atoms with Gasteiger partial charge in [-0.1, -0.05) is 0 Å². The second-order valence-electron chi connectivity index (χ2n) is 6.57. The van der Waals surface area contributed by atoms with Gasteiger partial charge in [-0.3, -0.25) is 9.59 Å². The van der Waals surface area contributed by atoms with E-state index in [9.17, 15) is 9.59 Å². The average molecular weight is 412 g/mol. The highest BCUT2D eigenvalue weighted by Crippen LogP contribution is 2.38. The molecule has 2 N–H and O–H groups in total. The number of furan rings is 1. The lowest BCUT2D eigenvalue weighted by molar-refractivity contribution is 0.0995. The Morgan fingerprint density at radius 2 is 2.07 bits per heavy atom. The second-order valence-corrected chi connectivity index (χ2v) is 7.65. The molecule has 1 atom stereocenters. The lowest BCUT2D eigenvalue weighted by Crippen LogP contribution is -2.12. The lowest BCUT2D eigenvalue weighted by Gasteiger charge is -2.13. The molecule has 0 radical (unpaired) electrons. The van der Waals surface area contributed by atoms with Gasteiger partial charge >= 0.3 is 0 Å². The van der Waals surface area contributed by atoms with Crippen molar-refractivity contribution in [2.45, 2.75) is 26.4 Å². The summed E-state index contributed by atoms with van der Waals surface area (Å²) in [6.45, 7) is 4.38.